The van der Waals surface area contributed by atoms with Gasteiger partial charge in [0.2, 0.25) is 0 Å². The van der Waals surface area contributed by atoms with Gasteiger partial charge in [-0.3, -0.25) is 0 Å². The highest BCUT2D eigenvalue weighted by Crippen LogP contribution is 2.36. The highest BCUT2D eigenvalue weighted by molar-refractivity contribution is 6.20. The Morgan fingerprint density at radius 3 is 2.32 bits per heavy atom. The maximum Gasteiger partial charge on any atom is 0.143 e. The molecular weight excluding hydrogens is 268 g/mol. The van der Waals surface area contributed by atoms with E-state index in [0.717, 1.165) is 11.2 Å². The first kappa shape index (κ1) is 11.8. The Morgan fingerprint density at radius 2 is 1.36 bits per heavy atom. The van der Waals surface area contributed by atoms with Crippen LogP contribution < -0.4 is 0 Å². The second-order valence-corrected chi connectivity index (χ2v) is 5.93. The summed E-state index contributed by atoms with van der Waals surface area (Å²) >= 11 is 0. The second kappa shape index (κ2) is 4.11. The fourth-order valence-corrected chi connectivity index (χ4v) is 3.45. The lowest BCUT2D eigenvalue weighted by molar-refractivity contribution is 0.672. The molecule has 0 saturated carbocycles. The maximum atomic E-state index is 6.14. The van der Waals surface area contributed by atoms with E-state index in [1.165, 1.54) is 37.9 Å². The van der Waals surface area contributed by atoms with Crippen molar-refractivity contribution < 1.29 is 4.42 Å². The number of hydrogen-bond acceptors (Lipinski definition) is 1. The van der Waals surface area contributed by atoms with Crippen molar-refractivity contribution in [2.75, 3.05) is 0 Å². The lowest BCUT2D eigenvalue weighted by Crippen LogP contribution is -1.80. The van der Waals surface area contributed by atoms with Gasteiger partial charge in [-0.25, -0.2) is 0 Å². The van der Waals surface area contributed by atoms with Gasteiger partial charge in [0, 0.05) is 16.2 Å². The van der Waals surface area contributed by atoms with E-state index in [1.54, 1.807) is 0 Å². The summed E-state index contributed by atoms with van der Waals surface area (Å²) in [5.41, 5.74) is 3.23. The van der Waals surface area contributed by atoms with E-state index in [-0.39, 0.29) is 0 Å². The highest BCUT2D eigenvalue weighted by Gasteiger charge is 2.11. The van der Waals surface area contributed by atoms with Crippen LogP contribution in [-0.4, -0.2) is 0 Å². The van der Waals surface area contributed by atoms with Gasteiger partial charge in [-0.05, 0) is 41.3 Å². The molecule has 0 aliphatic carbocycles. The molecule has 5 aromatic rings. The number of furan rings is 1. The van der Waals surface area contributed by atoms with E-state index in [9.17, 15) is 0 Å². The average Bonchev–Trinajstić information content (AvgIpc) is 2.93. The molecule has 0 N–H and O–H groups in total. The van der Waals surface area contributed by atoms with Gasteiger partial charge in [0.1, 0.15) is 11.2 Å². The molecule has 5 rings (SSSR count). The number of benzene rings is 4. The van der Waals surface area contributed by atoms with Crippen molar-refractivity contribution in [3.8, 4) is 0 Å². The molecule has 0 amide bonds. The van der Waals surface area contributed by atoms with E-state index < -0.39 is 0 Å². The Kier molecular flexibility index (Phi) is 2.21. The largest absolute Gasteiger partial charge is 0.455 e. The van der Waals surface area contributed by atoms with Crippen LogP contribution in [0.5, 0.6) is 0 Å². The van der Waals surface area contributed by atoms with Crippen molar-refractivity contribution >= 4 is 43.5 Å². The standard InChI is InChI=1S/C21H14O/c1-13-6-8-15-14(12-13)7-9-18-16(15)10-11-19-17-4-2-3-5-20(17)22-21(18)19/h2-12H,1H3. The smallest absolute Gasteiger partial charge is 0.143 e. The molecule has 0 radical (unpaired) electrons. The SMILES string of the molecule is Cc1ccc2c(ccc3c2ccc2c4ccccc4oc23)c1. The topological polar surface area (TPSA) is 13.1 Å². The Morgan fingerprint density at radius 1 is 0.636 bits per heavy atom. The Labute approximate surface area is 127 Å². The minimum Gasteiger partial charge on any atom is -0.455 e. The third kappa shape index (κ3) is 1.48. The monoisotopic (exact) mass is 282 g/mol. The predicted molar refractivity (Wildman–Crippen MR) is 93.5 cm³/mol. The van der Waals surface area contributed by atoms with Crippen LogP contribution in [0.3, 0.4) is 0 Å². The zero-order valence-corrected chi connectivity index (χ0v) is 12.3. The van der Waals surface area contributed by atoms with Crippen molar-refractivity contribution in [2.45, 2.75) is 6.92 Å². The van der Waals surface area contributed by atoms with E-state index in [1.807, 2.05) is 12.1 Å². The van der Waals surface area contributed by atoms with Crippen LogP contribution in [0.2, 0.25) is 0 Å². The summed E-state index contributed by atoms with van der Waals surface area (Å²) in [6, 6.07) is 23.6. The molecule has 0 fully saturated rings. The van der Waals surface area contributed by atoms with E-state index in [4.69, 9.17) is 4.42 Å². The van der Waals surface area contributed by atoms with Gasteiger partial charge in [-0.1, -0.05) is 54.1 Å². The van der Waals surface area contributed by atoms with E-state index in [2.05, 4.69) is 61.5 Å². The lowest BCUT2D eigenvalue weighted by atomic mass is 9.99. The predicted octanol–water partition coefficient (Wildman–Crippen LogP) is 6.20. The minimum atomic E-state index is 0.953. The molecule has 0 aliphatic heterocycles. The molecule has 104 valence electrons. The van der Waals surface area contributed by atoms with Crippen LogP contribution in [-0.2, 0) is 0 Å². The third-order valence-corrected chi connectivity index (χ3v) is 4.51. The van der Waals surface area contributed by atoms with Crippen molar-refractivity contribution in [1.82, 2.24) is 0 Å². The maximum absolute atomic E-state index is 6.14. The normalized spacial score (nSPS) is 11.9. The first-order chi connectivity index (χ1) is 10.8. The van der Waals surface area contributed by atoms with E-state index in [0.29, 0.717) is 0 Å². The van der Waals surface area contributed by atoms with Crippen LogP contribution in [0.4, 0.5) is 0 Å². The fraction of sp³-hybridized carbons (Fsp3) is 0.0476. The third-order valence-electron chi connectivity index (χ3n) is 4.51. The molecule has 1 heterocycles. The van der Waals surface area contributed by atoms with Crippen molar-refractivity contribution in [3.05, 3.63) is 72.3 Å². The number of rotatable bonds is 0. The summed E-state index contributed by atoms with van der Waals surface area (Å²) in [6.07, 6.45) is 0. The number of fused-ring (bicyclic) bond motifs is 7. The molecule has 0 atom stereocenters. The zero-order chi connectivity index (χ0) is 14.7. The summed E-state index contributed by atoms with van der Waals surface area (Å²) in [5.74, 6) is 0. The first-order valence-corrected chi connectivity index (χ1v) is 7.54. The van der Waals surface area contributed by atoms with Crippen LogP contribution in [0.25, 0.3) is 43.5 Å². The fourth-order valence-electron chi connectivity index (χ4n) is 3.45. The van der Waals surface area contributed by atoms with Gasteiger partial charge in [-0.15, -0.1) is 0 Å². The molecule has 0 aliphatic rings. The quantitative estimate of drug-likeness (QED) is 0.308. The van der Waals surface area contributed by atoms with Crippen molar-refractivity contribution in [3.63, 3.8) is 0 Å². The van der Waals surface area contributed by atoms with Gasteiger partial charge in [0.25, 0.3) is 0 Å². The van der Waals surface area contributed by atoms with Crippen LogP contribution in [0, 0.1) is 6.92 Å². The van der Waals surface area contributed by atoms with Crippen molar-refractivity contribution in [2.24, 2.45) is 0 Å². The molecule has 1 aromatic heterocycles. The number of hydrogen-bond donors (Lipinski definition) is 0. The van der Waals surface area contributed by atoms with E-state index >= 15 is 0 Å². The average molecular weight is 282 g/mol. The first-order valence-electron chi connectivity index (χ1n) is 7.54. The molecule has 0 unspecified atom stereocenters. The molecular formula is C21H14O. The summed E-state index contributed by atoms with van der Waals surface area (Å²) in [7, 11) is 0. The Hall–Kier alpha value is -2.80. The lowest BCUT2D eigenvalue weighted by Gasteiger charge is -2.05. The summed E-state index contributed by atoms with van der Waals surface area (Å²) < 4.78 is 6.14. The molecule has 1 heteroatoms. The van der Waals surface area contributed by atoms with Gasteiger partial charge in [-0.2, -0.15) is 0 Å². The van der Waals surface area contributed by atoms with Crippen LogP contribution in [0.15, 0.2) is 71.1 Å². The van der Waals surface area contributed by atoms with Crippen molar-refractivity contribution in [1.29, 1.82) is 0 Å². The van der Waals surface area contributed by atoms with Gasteiger partial charge in [0.05, 0.1) is 0 Å². The van der Waals surface area contributed by atoms with Crippen LogP contribution in [0.1, 0.15) is 5.56 Å². The Balaban J connectivity index is 2.02. The summed E-state index contributed by atoms with van der Waals surface area (Å²) in [4.78, 5) is 0. The van der Waals surface area contributed by atoms with Crippen LogP contribution >= 0.6 is 0 Å². The number of para-hydroxylation sites is 1. The molecule has 4 aromatic carbocycles. The molecule has 0 saturated heterocycles. The van der Waals surface area contributed by atoms with Gasteiger partial charge >= 0.3 is 0 Å². The molecule has 0 bridgehead atoms. The molecule has 1 nitrogen and oxygen atoms in total. The number of aryl methyl sites for hydroxylation is 1. The van der Waals surface area contributed by atoms with Gasteiger partial charge < -0.3 is 4.42 Å². The Bertz CT molecular complexity index is 1180. The molecule has 22 heavy (non-hydrogen) atoms. The molecule has 0 spiro atoms. The second-order valence-electron chi connectivity index (χ2n) is 5.93. The summed E-state index contributed by atoms with van der Waals surface area (Å²) in [5, 5.41) is 7.38. The minimum absolute atomic E-state index is 0.953. The summed E-state index contributed by atoms with van der Waals surface area (Å²) in [6.45, 7) is 2.13. The van der Waals surface area contributed by atoms with Gasteiger partial charge in [0.15, 0.2) is 0 Å². The zero-order valence-electron chi connectivity index (χ0n) is 12.3. The highest BCUT2D eigenvalue weighted by atomic mass is 16.3.